The summed E-state index contributed by atoms with van der Waals surface area (Å²) in [6.45, 7) is 0.00897. The monoisotopic (exact) mass is 425 g/mol. The summed E-state index contributed by atoms with van der Waals surface area (Å²) in [5.74, 6) is -1.86. The van der Waals surface area contributed by atoms with Gasteiger partial charge in [0.2, 0.25) is 18.1 Å². The summed E-state index contributed by atoms with van der Waals surface area (Å²) >= 11 is 1.44. The number of aliphatic hydroxyl groups is 1. The van der Waals surface area contributed by atoms with E-state index in [1.807, 2.05) is 0 Å². The molecule has 1 aromatic rings. The number of rotatable bonds is 5. The third-order valence-corrected chi connectivity index (χ3v) is 5.50. The van der Waals surface area contributed by atoms with E-state index in [-0.39, 0.29) is 18.5 Å². The molecule has 0 bridgehead atoms. The maximum absolute atomic E-state index is 13.3. The molecule has 3 unspecified atom stereocenters. The SMILES string of the molecule is O=C(CN1CCSCC(NC(=O)c2cccc(F)c2)C1=O)NC1CC(=O)OC1O. The standard InChI is InChI=1S/C18H20FN3O6S/c19-11-3-1-2-10(6-11)16(25)21-13-9-29-5-4-22(17(13)26)8-14(23)20-12-7-15(24)28-18(12)27/h1-3,6,12-13,18,27H,4-5,7-9H2,(H,20,23)(H,21,25). The summed E-state index contributed by atoms with van der Waals surface area (Å²) in [6.07, 6.45) is -1.57. The van der Waals surface area contributed by atoms with Gasteiger partial charge in [-0.3, -0.25) is 19.2 Å². The molecule has 11 heteroatoms. The molecule has 3 N–H and O–H groups in total. The van der Waals surface area contributed by atoms with Crippen molar-refractivity contribution in [3.05, 3.63) is 35.6 Å². The zero-order chi connectivity index (χ0) is 21.0. The largest absolute Gasteiger partial charge is 0.434 e. The van der Waals surface area contributed by atoms with Crippen LogP contribution in [0.1, 0.15) is 16.8 Å². The van der Waals surface area contributed by atoms with Crippen molar-refractivity contribution in [2.45, 2.75) is 24.8 Å². The average Bonchev–Trinajstić information content (AvgIpc) is 2.88. The van der Waals surface area contributed by atoms with Crippen LogP contribution >= 0.6 is 11.8 Å². The third-order valence-electron chi connectivity index (χ3n) is 4.46. The number of esters is 1. The van der Waals surface area contributed by atoms with Crippen LogP contribution in [0.25, 0.3) is 0 Å². The Kier molecular flexibility index (Phi) is 6.70. The smallest absolute Gasteiger partial charge is 0.310 e. The summed E-state index contributed by atoms with van der Waals surface area (Å²) in [5.41, 5.74) is 0.0937. The summed E-state index contributed by atoms with van der Waals surface area (Å²) in [4.78, 5) is 49.8. The molecule has 0 radical (unpaired) electrons. The highest BCUT2D eigenvalue weighted by Gasteiger charge is 2.35. The van der Waals surface area contributed by atoms with E-state index in [2.05, 4.69) is 15.4 Å². The van der Waals surface area contributed by atoms with E-state index in [4.69, 9.17) is 0 Å². The van der Waals surface area contributed by atoms with Crippen molar-refractivity contribution in [2.75, 3.05) is 24.6 Å². The van der Waals surface area contributed by atoms with Gasteiger partial charge in [0, 0.05) is 23.6 Å². The molecule has 2 fully saturated rings. The number of nitrogens with zero attached hydrogens (tertiary/aromatic N) is 1. The van der Waals surface area contributed by atoms with E-state index in [0.29, 0.717) is 18.1 Å². The van der Waals surface area contributed by atoms with Crippen LogP contribution in [-0.4, -0.2) is 76.7 Å². The van der Waals surface area contributed by atoms with Crippen LogP contribution in [0.5, 0.6) is 0 Å². The number of hydrogen-bond donors (Lipinski definition) is 3. The first-order chi connectivity index (χ1) is 13.8. The normalized spacial score (nSPS) is 24.6. The molecule has 0 aromatic heterocycles. The van der Waals surface area contributed by atoms with E-state index in [1.54, 1.807) is 0 Å². The number of halogens is 1. The van der Waals surface area contributed by atoms with Crippen molar-refractivity contribution in [1.29, 1.82) is 0 Å². The fraction of sp³-hybridized carbons (Fsp3) is 0.444. The molecule has 0 saturated carbocycles. The zero-order valence-corrected chi connectivity index (χ0v) is 16.1. The van der Waals surface area contributed by atoms with Gasteiger partial charge >= 0.3 is 5.97 Å². The third kappa shape index (κ3) is 5.45. The van der Waals surface area contributed by atoms with E-state index >= 15 is 0 Å². The molecule has 2 aliphatic heterocycles. The van der Waals surface area contributed by atoms with Crippen LogP contribution in [0.4, 0.5) is 4.39 Å². The van der Waals surface area contributed by atoms with Gasteiger partial charge in [-0.15, -0.1) is 0 Å². The number of amides is 3. The molecule has 3 rings (SSSR count). The van der Waals surface area contributed by atoms with Gasteiger partial charge in [-0.2, -0.15) is 11.8 Å². The minimum atomic E-state index is -1.42. The van der Waals surface area contributed by atoms with Crippen molar-refractivity contribution in [3.8, 4) is 0 Å². The maximum Gasteiger partial charge on any atom is 0.310 e. The fourth-order valence-corrected chi connectivity index (χ4v) is 3.98. The summed E-state index contributed by atoms with van der Waals surface area (Å²) in [5, 5.41) is 14.6. The van der Waals surface area contributed by atoms with Crippen molar-refractivity contribution >= 4 is 35.5 Å². The lowest BCUT2D eigenvalue weighted by molar-refractivity contribution is -0.155. The Morgan fingerprint density at radius 2 is 2.10 bits per heavy atom. The molecule has 3 atom stereocenters. The fourth-order valence-electron chi connectivity index (χ4n) is 3.00. The van der Waals surface area contributed by atoms with Crippen LogP contribution < -0.4 is 10.6 Å². The first kappa shape index (κ1) is 21.1. The van der Waals surface area contributed by atoms with Crippen molar-refractivity contribution < 1.29 is 33.4 Å². The summed E-state index contributed by atoms with van der Waals surface area (Å²) < 4.78 is 17.9. The van der Waals surface area contributed by atoms with Crippen molar-refractivity contribution in [3.63, 3.8) is 0 Å². The van der Waals surface area contributed by atoms with Gasteiger partial charge in [-0.1, -0.05) is 6.07 Å². The van der Waals surface area contributed by atoms with Crippen LogP contribution in [-0.2, 0) is 19.1 Å². The Morgan fingerprint density at radius 3 is 2.79 bits per heavy atom. The molecule has 2 aliphatic rings. The average molecular weight is 425 g/mol. The molecule has 3 amide bonds. The second kappa shape index (κ2) is 9.23. The molecule has 1 aromatic carbocycles. The lowest BCUT2D eigenvalue weighted by atomic mass is 10.2. The van der Waals surface area contributed by atoms with Crippen molar-refractivity contribution in [2.24, 2.45) is 0 Å². The van der Waals surface area contributed by atoms with Gasteiger partial charge in [-0.05, 0) is 18.2 Å². The number of cyclic esters (lactones) is 1. The first-order valence-corrected chi connectivity index (χ1v) is 10.1. The van der Waals surface area contributed by atoms with Crippen LogP contribution in [0, 0.1) is 5.82 Å². The number of aliphatic hydroxyl groups excluding tert-OH is 1. The highest BCUT2D eigenvalue weighted by molar-refractivity contribution is 7.99. The quantitative estimate of drug-likeness (QED) is 0.530. The molecule has 2 saturated heterocycles. The van der Waals surface area contributed by atoms with Crippen molar-refractivity contribution in [1.82, 2.24) is 15.5 Å². The summed E-state index contributed by atoms with van der Waals surface area (Å²) in [6, 6.07) is 3.39. The Hall–Kier alpha value is -2.66. The topological polar surface area (TPSA) is 125 Å². The molecule has 0 aliphatic carbocycles. The minimum Gasteiger partial charge on any atom is -0.434 e. The molecule has 0 spiro atoms. The predicted octanol–water partition coefficient (Wildman–Crippen LogP) is -0.750. The Morgan fingerprint density at radius 1 is 1.31 bits per heavy atom. The van der Waals surface area contributed by atoms with Crippen LogP contribution in [0.2, 0.25) is 0 Å². The maximum atomic E-state index is 13.3. The second-order valence-corrected chi connectivity index (χ2v) is 7.78. The lowest BCUT2D eigenvalue weighted by Crippen LogP contribution is -2.52. The van der Waals surface area contributed by atoms with E-state index in [9.17, 15) is 28.7 Å². The number of carbonyl (C=O) groups excluding carboxylic acids is 4. The van der Waals surface area contributed by atoms with E-state index in [1.165, 1.54) is 34.9 Å². The Balaban J connectivity index is 1.60. The van der Waals surface area contributed by atoms with Gasteiger partial charge < -0.3 is 25.4 Å². The van der Waals surface area contributed by atoms with Crippen LogP contribution in [0.3, 0.4) is 0 Å². The van der Waals surface area contributed by atoms with E-state index in [0.717, 1.165) is 6.07 Å². The Bertz CT molecular complexity index is 823. The highest BCUT2D eigenvalue weighted by atomic mass is 32.2. The number of hydrogen-bond acceptors (Lipinski definition) is 7. The minimum absolute atomic E-state index is 0.0937. The number of thioether (sulfide) groups is 1. The summed E-state index contributed by atoms with van der Waals surface area (Å²) in [7, 11) is 0. The zero-order valence-electron chi connectivity index (χ0n) is 15.3. The molecule has 29 heavy (non-hydrogen) atoms. The number of carbonyl (C=O) groups is 4. The van der Waals surface area contributed by atoms with E-state index < -0.39 is 47.9 Å². The van der Waals surface area contributed by atoms with Gasteiger partial charge in [0.05, 0.1) is 13.0 Å². The molecular weight excluding hydrogens is 405 g/mol. The molecule has 9 nitrogen and oxygen atoms in total. The Labute approximate surface area is 170 Å². The van der Waals surface area contributed by atoms with Gasteiger partial charge in [0.25, 0.3) is 5.91 Å². The molecule has 156 valence electrons. The first-order valence-electron chi connectivity index (χ1n) is 8.93. The second-order valence-electron chi connectivity index (χ2n) is 6.63. The van der Waals surface area contributed by atoms with Crippen LogP contribution in [0.15, 0.2) is 24.3 Å². The predicted molar refractivity (Wildman–Crippen MR) is 100 cm³/mol. The highest BCUT2D eigenvalue weighted by Crippen LogP contribution is 2.15. The lowest BCUT2D eigenvalue weighted by Gasteiger charge is -2.25. The van der Waals surface area contributed by atoms with Gasteiger partial charge in [-0.25, -0.2) is 4.39 Å². The van der Waals surface area contributed by atoms with Gasteiger partial charge in [0.1, 0.15) is 17.9 Å². The number of benzene rings is 1. The molecular formula is C18H20FN3O6S. The number of nitrogens with one attached hydrogen (secondary N) is 2. The number of ether oxygens (including phenoxy) is 1. The van der Waals surface area contributed by atoms with Gasteiger partial charge in [0.15, 0.2) is 0 Å². The molecule has 2 heterocycles.